The molecule has 0 fully saturated rings. The number of aromatic amines is 1. The second kappa shape index (κ2) is 4.00. The average molecular weight is 244 g/mol. The van der Waals surface area contributed by atoms with Crippen LogP contribution in [0.25, 0.3) is 0 Å². The molecule has 0 aliphatic heterocycles. The lowest BCUT2D eigenvalue weighted by atomic mass is 10.5. The Morgan fingerprint density at radius 1 is 1.53 bits per heavy atom. The average Bonchev–Trinajstić information content (AvgIpc) is 2.56. The summed E-state index contributed by atoms with van der Waals surface area (Å²) in [6, 6.07) is 1.29. The number of aromatic nitrogens is 3. The van der Waals surface area contributed by atoms with Crippen LogP contribution in [-0.4, -0.2) is 14.5 Å². The molecule has 0 bridgehead atoms. The van der Waals surface area contributed by atoms with E-state index in [9.17, 15) is 9.59 Å². The number of H-pyrrole nitrogens is 1. The molecule has 15 heavy (non-hydrogen) atoms. The number of thiazole rings is 1. The van der Waals surface area contributed by atoms with Gasteiger partial charge in [-0.05, 0) is 0 Å². The molecule has 0 amide bonds. The molecule has 0 saturated carbocycles. The van der Waals surface area contributed by atoms with Crippen molar-refractivity contribution in [2.75, 3.05) is 0 Å². The lowest BCUT2D eigenvalue weighted by Crippen LogP contribution is -2.28. The number of halogens is 1. The first kappa shape index (κ1) is 10.1. The maximum Gasteiger partial charge on any atom is 0.328 e. The highest BCUT2D eigenvalue weighted by Crippen LogP contribution is 2.15. The van der Waals surface area contributed by atoms with Gasteiger partial charge in [0.15, 0.2) is 4.47 Å². The van der Waals surface area contributed by atoms with E-state index in [1.165, 1.54) is 28.2 Å². The van der Waals surface area contributed by atoms with E-state index < -0.39 is 11.2 Å². The first-order chi connectivity index (χ1) is 7.15. The Balaban J connectivity index is 2.32. The summed E-state index contributed by atoms with van der Waals surface area (Å²) in [7, 11) is 0. The van der Waals surface area contributed by atoms with Crippen molar-refractivity contribution in [2.45, 2.75) is 6.54 Å². The van der Waals surface area contributed by atoms with Crippen LogP contribution in [-0.2, 0) is 6.54 Å². The van der Waals surface area contributed by atoms with Crippen molar-refractivity contribution >= 4 is 22.9 Å². The maximum absolute atomic E-state index is 11.3. The minimum Gasteiger partial charge on any atom is -0.295 e. The summed E-state index contributed by atoms with van der Waals surface area (Å²) in [6.45, 7) is 0.304. The molecular formula is C8H6ClN3O2S. The maximum atomic E-state index is 11.3. The van der Waals surface area contributed by atoms with Crippen molar-refractivity contribution in [3.05, 3.63) is 48.6 Å². The molecule has 0 radical (unpaired) electrons. The molecule has 0 spiro atoms. The molecule has 2 heterocycles. The topological polar surface area (TPSA) is 67.8 Å². The molecule has 0 atom stereocenters. The van der Waals surface area contributed by atoms with Gasteiger partial charge in [-0.25, -0.2) is 9.78 Å². The van der Waals surface area contributed by atoms with E-state index in [2.05, 4.69) is 9.97 Å². The molecule has 2 aromatic heterocycles. The van der Waals surface area contributed by atoms with E-state index in [-0.39, 0.29) is 0 Å². The van der Waals surface area contributed by atoms with Crippen LogP contribution in [0.2, 0.25) is 4.47 Å². The fourth-order valence-electron chi connectivity index (χ4n) is 1.10. The van der Waals surface area contributed by atoms with Gasteiger partial charge in [-0.15, -0.1) is 11.3 Å². The first-order valence-electron chi connectivity index (χ1n) is 4.05. The molecule has 78 valence electrons. The standard InChI is InChI=1S/C8H6ClN3O2S/c9-7-10-5(4-15-7)3-12-2-1-6(13)11-8(12)14/h1-2,4H,3H2,(H,11,13,14). The first-order valence-corrected chi connectivity index (χ1v) is 5.30. The van der Waals surface area contributed by atoms with E-state index >= 15 is 0 Å². The van der Waals surface area contributed by atoms with E-state index in [1.807, 2.05) is 0 Å². The van der Waals surface area contributed by atoms with E-state index in [0.717, 1.165) is 0 Å². The number of nitrogens with one attached hydrogen (secondary N) is 1. The lowest BCUT2D eigenvalue weighted by Gasteiger charge is -2.00. The summed E-state index contributed by atoms with van der Waals surface area (Å²) in [4.78, 5) is 28.3. The van der Waals surface area contributed by atoms with Gasteiger partial charge in [0.05, 0.1) is 12.2 Å². The van der Waals surface area contributed by atoms with Crippen molar-refractivity contribution in [3.8, 4) is 0 Å². The Labute approximate surface area is 93.0 Å². The summed E-state index contributed by atoms with van der Waals surface area (Å²) in [6.07, 6.45) is 1.43. The molecule has 2 aromatic rings. The van der Waals surface area contributed by atoms with Gasteiger partial charge >= 0.3 is 5.69 Å². The van der Waals surface area contributed by atoms with Crippen LogP contribution < -0.4 is 11.2 Å². The molecule has 0 aliphatic carbocycles. The molecule has 2 rings (SSSR count). The molecule has 1 N–H and O–H groups in total. The fraction of sp³-hybridized carbons (Fsp3) is 0.125. The zero-order chi connectivity index (χ0) is 10.8. The van der Waals surface area contributed by atoms with Crippen LogP contribution in [0.15, 0.2) is 27.2 Å². The highest BCUT2D eigenvalue weighted by Gasteiger charge is 2.02. The minimum absolute atomic E-state index is 0.304. The normalized spacial score (nSPS) is 10.5. The number of rotatable bonds is 2. The second-order valence-corrected chi connectivity index (χ2v) is 4.27. The Morgan fingerprint density at radius 3 is 2.93 bits per heavy atom. The van der Waals surface area contributed by atoms with Crippen molar-refractivity contribution in [2.24, 2.45) is 0 Å². The Hall–Kier alpha value is -1.40. The number of hydrogen-bond donors (Lipinski definition) is 1. The largest absolute Gasteiger partial charge is 0.328 e. The fourth-order valence-corrected chi connectivity index (χ4v) is 1.87. The molecule has 0 unspecified atom stereocenters. The highest BCUT2D eigenvalue weighted by molar-refractivity contribution is 7.13. The molecule has 0 aliphatic rings. The predicted molar refractivity (Wildman–Crippen MR) is 57.5 cm³/mol. The minimum atomic E-state index is -0.452. The third-order valence-corrected chi connectivity index (χ3v) is 2.78. The van der Waals surface area contributed by atoms with E-state index in [1.54, 1.807) is 5.38 Å². The van der Waals surface area contributed by atoms with Gasteiger partial charge in [-0.3, -0.25) is 14.3 Å². The monoisotopic (exact) mass is 243 g/mol. The molecule has 0 saturated heterocycles. The summed E-state index contributed by atoms with van der Waals surface area (Å²) >= 11 is 6.95. The van der Waals surface area contributed by atoms with Gasteiger partial charge in [0.25, 0.3) is 5.56 Å². The highest BCUT2D eigenvalue weighted by atomic mass is 35.5. The summed E-state index contributed by atoms with van der Waals surface area (Å²) in [5.41, 5.74) is -0.168. The van der Waals surface area contributed by atoms with Gasteiger partial charge in [0.1, 0.15) is 0 Å². The Kier molecular flexibility index (Phi) is 2.70. The molecule has 7 heteroatoms. The molecule has 5 nitrogen and oxygen atoms in total. The SMILES string of the molecule is O=c1ccn(Cc2csc(Cl)n2)c(=O)[nH]1. The predicted octanol–water partition coefficient (Wildman–Crippen LogP) is 0.695. The van der Waals surface area contributed by atoms with Crippen LogP contribution in [0.1, 0.15) is 5.69 Å². The zero-order valence-electron chi connectivity index (χ0n) is 7.44. The van der Waals surface area contributed by atoms with Crippen LogP contribution in [0.5, 0.6) is 0 Å². The summed E-state index contributed by atoms with van der Waals surface area (Å²) < 4.78 is 1.79. The zero-order valence-corrected chi connectivity index (χ0v) is 9.01. The third kappa shape index (κ3) is 2.34. The lowest BCUT2D eigenvalue weighted by molar-refractivity contribution is 0.708. The van der Waals surface area contributed by atoms with Crippen LogP contribution in [0.4, 0.5) is 0 Å². The summed E-state index contributed by atoms with van der Waals surface area (Å²) in [5.74, 6) is 0. The van der Waals surface area contributed by atoms with Crippen LogP contribution >= 0.6 is 22.9 Å². The Bertz CT molecular complexity index is 586. The Morgan fingerprint density at radius 2 is 2.33 bits per heavy atom. The summed E-state index contributed by atoms with van der Waals surface area (Å²) in [5, 5.41) is 1.76. The molecular weight excluding hydrogens is 238 g/mol. The molecule has 0 aromatic carbocycles. The van der Waals surface area contributed by atoms with Crippen molar-refractivity contribution in [3.63, 3.8) is 0 Å². The van der Waals surface area contributed by atoms with Crippen molar-refractivity contribution < 1.29 is 0 Å². The van der Waals surface area contributed by atoms with Gasteiger partial charge < -0.3 is 0 Å². The third-order valence-electron chi connectivity index (χ3n) is 1.75. The van der Waals surface area contributed by atoms with Crippen LogP contribution in [0, 0.1) is 0 Å². The van der Waals surface area contributed by atoms with Gasteiger partial charge in [0, 0.05) is 17.6 Å². The number of hydrogen-bond acceptors (Lipinski definition) is 4. The van der Waals surface area contributed by atoms with Gasteiger partial charge in [-0.2, -0.15) is 0 Å². The quantitative estimate of drug-likeness (QED) is 0.844. The smallest absolute Gasteiger partial charge is 0.295 e. The van der Waals surface area contributed by atoms with Gasteiger partial charge in [-0.1, -0.05) is 11.6 Å². The van der Waals surface area contributed by atoms with Gasteiger partial charge in [0.2, 0.25) is 0 Å². The number of nitrogens with zero attached hydrogens (tertiary/aromatic N) is 2. The van der Waals surface area contributed by atoms with E-state index in [4.69, 9.17) is 11.6 Å². The van der Waals surface area contributed by atoms with Crippen molar-refractivity contribution in [1.29, 1.82) is 0 Å². The second-order valence-electron chi connectivity index (χ2n) is 2.83. The van der Waals surface area contributed by atoms with Crippen molar-refractivity contribution in [1.82, 2.24) is 14.5 Å². The van der Waals surface area contributed by atoms with E-state index in [0.29, 0.717) is 16.7 Å². The van der Waals surface area contributed by atoms with Crippen LogP contribution in [0.3, 0.4) is 0 Å².